The fraction of sp³-hybridized carbons (Fsp3) is 0.143. The van der Waals surface area contributed by atoms with Gasteiger partial charge in [-0.3, -0.25) is 0 Å². The Hall–Kier alpha value is -2.15. The molecule has 0 amide bonds. The van der Waals surface area contributed by atoms with Gasteiger partial charge in [0.2, 0.25) is 0 Å². The van der Waals surface area contributed by atoms with Gasteiger partial charge in [0.05, 0.1) is 0 Å². The van der Waals surface area contributed by atoms with Crippen molar-refractivity contribution in [3.8, 4) is 11.6 Å². The minimum atomic E-state index is -0.556. The molecule has 1 aromatic heterocycles. The molecule has 0 aliphatic rings. The Morgan fingerprint density at radius 2 is 2.00 bits per heavy atom. The topological polar surface area (TPSA) is 58.0 Å². The van der Waals surface area contributed by atoms with Gasteiger partial charge in [-0.2, -0.15) is 0 Å². The van der Waals surface area contributed by atoms with Crippen molar-refractivity contribution in [2.75, 3.05) is 14.1 Å². The Labute approximate surface area is 129 Å². The Kier molecular flexibility index (Phi) is 4.74. The van der Waals surface area contributed by atoms with Gasteiger partial charge in [-0.1, -0.05) is 5.16 Å². The molecule has 0 unspecified atom stereocenters. The summed E-state index contributed by atoms with van der Waals surface area (Å²) < 4.78 is 19.5. The minimum absolute atomic E-state index is 0.102. The highest BCUT2D eigenvalue weighted by Crippen LogP contribution is 2.24. The molecule has 0 bridgehead atoms. The van der Waals surface area contributed by atoms with Crippen LogP contribution in [0.1, 0.15) is 5.56 Å². The number of hydrogen-bond donors (Lipinski definition) is 1. The van der Waals surface area contributed by atoms with Crippen LogP contribution in [0.2, 0.25) is 0 Å². The van der Waals surface area contributed by atoms with Crippen LogP contribution in [0.3, 0.4) is 0 Å². The molecule has 7 heteroatoms. The van der Waals surface area contributed by atoms with Gasteiger partial charge in [-0.15, -0.1) is 0 Å². The van der Waals surface area contributed by atoms with Crippen molar-refractivity contribution in [1.82, 2.24) is 9.88 Å². The van der Waals surface area contributed by atoms with Gasteiger partial charge < -0.3 is 14.8 Å². The van der Waals surface area contributed by atoms with E-state index in [1.807, 2.05) is 0 Å². The highest BCUT2D eigenvalue weighted by molar-refractivity contribution is 9.10. The lowest BCUT2D eigenvalue weighted by atomic mass is 10.2. The van der Waals surface area contributed by atoms with Crippen molar-refractivity contribution in [3.63, 3.8) is 0 Å². The molecule has 2 rings (SSSR count). The molecule has 1 N–H and O–H groups in total. The molecule has 0 saturated heterocycles. The maximum Gasteiger partial charge on any atom is 0.255 e. The molecule has 110 valence electrons. The van der Waals surface area contributed by atoms with E-state index < -0.39 is 5.82 Å². The number of pyridine rings is 1. The molecule has 5 nitrogen and oxygen atoms in total. The van der Waals surface area contributed by atoms with E-state index in [4.69, 9.17) is 9.94 Å². The van der Waals surface area contributed by atoms with Crippen LogP contribution in [-0.4, -0.2) is 35.0 Å². The smallest absolute Gasteiger partial charge is 0.255 e. The number of aromatic nitrogens is 1. The average Bonchev–Trinajstić information content (AvgIpc) is 2.44. The zero-order chi connectivity index (χ0) is 15.4. The Morgan fingerprint density at radius 1 is 1.33 bits per heavy atom. The van der Waals surface area contributed by atoms with Crippen LogP contribution in [-0.2, 0) is 0 Å². The number of ether oxygens (including phenoxy) is 1. The van der Waals surface area contributed by atoms with E-state index in [9.17, 15) is 4.39 Å². The van der Waals surface area contributed by atoms with Crippen molar-refractivity contribution in [1.29, 1.82) is 0 Å². The third-order valence-electron chi connectivity index (χ3n) is 2.62. The van der Waals surface area contributed by atoms with Gasteiger partial charge in [0.25, 0.3) is 5.88 Å². The molecule has 1 heterocycles. The summed E-state index contributed by atoms with van der Waals surface area (Å²) in [5, 5.41) is 12.2. The summed E-state index contributed by atoms with van der Waals surface area (Å²) in [5.74, 6) is 0.187. The summed E-state index contributed by atoms with van der Waals surface area (Å²) in [6.07, 6.45) is 1.45. The second kappa shape index (κ2) is 6.53. The predicted octanol–water partition coefficient (Wildman–Crippen LogP) is 3.47. The quantitative estimate of drug-likeness (QED) is 0.397. The highest BCUT2D eigenvalue weighted by atomic mass is 79.9. The van der Waals surface area contributed by atoms with E-state index >= 15 is 0 Å². The van der Waals surface area contributed by atoms with Gasteiger partial charge in [0.15, 0.2) is 11.7 Å². The Balaban J connectivity index is 2.20. The third kappa shape index (κ3) is 3.69. The molecule has 0 aliphatic carbocycles. The van der Waals surface area contributed by atoms with Crippen LogP contribution >= 0.6 is 15.9 Å². The van der Waals surface area contributed by atoms with Gasteiger partial charge in [0, 0.05) is 30.3 Å². The summed E-state index contributed by atoms with van der Waals surface area (Å²) in [7, 11) is 3.53. The molecule has 0 atom stereocenters. The minimum Gasteiger partial charge on any atom is -0.436 e. The molecule has 21 heavy (non-hydrogen) atoms. The zero-order valence-electron chi connectivity index (χ0n) is 11.4. The van der Waals surface area contributed by atoms with Gasteiger partial charge in [-0.25, -0.2) is 9.37 Å². The molecule has 1 aromatic carbocycles. The number of halogens is 2. The summed E-state index contributed by atoms with van der Waals surface area (Å²) in [6.45, 7) is 0. The first kappa shape index (κ1) is 15.2. The van der Waals surface area contributed by atoms with Crippen molar-refractivity contribution in [3.05, 3.63) is 52.4 Å². The fourth-order valence-corrected chi connectivity index (χ4v) is 1.97. The molecule has 0 radical (unpaired) electrons. The van der Waals surface area contributed by atoms with Crippen LogP contribution < -0.4 is 4.74 Å². The largest absolute Gasteiger partial charge is 0.436 e. The Bertz CT molecular complexity index is 660. The van der Waals surface area contributed by atoms with E-state index in [-0.39, 0.29) is 5.88 Å². The number of hydrogen-bond acceptors (Lipinski definition) is 4. The fourth-order valence-electron chi connectivity index (χ4n) is 1.67. The predicted molar refractivity (Wildman–Crippen MR) is 80.4 cm³/mol. The van der Waals surface area contributed by atoms with Crippen molar-refractivity contribution >= 4 is 21.8 Å². The first-order valence-corrected chi connectivity index (χ1v) is 6.79. The van der Waals surface area contributed by atoms with E-state index in [2.05, 4.69) is 26.1 Å². The average molecular weight is 354 g/mol. The molecule has 0 saturated carbocycles. The maximum atomic E-state index is 13.6. The number of benzene rings is 1. The monoisotopic (exact) mass is 353 g/mol. The summed E-state index contributed by atoms with van der Waals surface area (Å²) in [5.41, 5.74) is 0.707. The van der Waals surface area contributed by atoms with Crippen molar-refractivity contribution in [2.45, 2.75) is 0 Å². The van der Waals surface area contributed by atoms with Gasteiger partial charge >= 0.3 is 0 Å². The molecule has 0 spiro atoms. The third-order valence-corrected chi connectivity index (χ3v) is 3.05. The molecular weight excluding hydrogens is 341 g/mol. The Morgan fingerprint density at radius 3 is 2.52 bits per heavy atom. The van der Waals surface area contributed by atoms with Gasteiger partial charge in [-0.05, 0) is 46.3 Å². The summed E-state index contributed by atoms with van der Waals surface area (Å²) >= 11 is 3.13. The number of nitrogens with zero attached hydrogens (tertiary/aromatic N) is 3. The van der Waals surface area contributed by atoms with Crippen LogP contribution in [0.25, 0.3) is 0 Å². The number of amidine groups is 1. The first-order valence-electron chi connectivity index (χ1n) is 6.00. The molecule has 2 aromatic rings. The van der Waals surface area contributed by atoms with Crippen LogP contribution in [0.4, 0.5) is 4.39 Å². The second-order valence-electron chi connectivity index (χ2n) is 4.38. The lowest BCUT2D eigenvalue weighted by Gasteiger charge is -2.14. The second-order valence-corrected chi connectivity index (χ2v) is 5.30. The normalized spacial score (nSPS) is 11.3. The maximum absolute atomic E-state index is 13.6. The standard InChI is InChI=1S/C14H13BrFN3O2/c1-19(2)13(18-20)9-3-5-11(6-4-9)21-14-12(16)7-10(15)8-17-14/h3-8,20H,1-2H3/b18-13-. The van der Waals surface area contributed by atoms with Crippen LogP contribution in [0.5, 0.6) is 11.6 Å². The van der Waals surface area contributed by atoms with E-state index in [0.717, 1.165) is 0 Å². The number of rotatable bonds is 3. The molecule has 0 fully saturated rings. The van der Waals surface area contributed by atoms with Crippen LogP contribution in [0.15, 0.2) is 46.2 Å². The van der Waals surface area contributed by atoms with E-state index in [1.54, 1.807) is 43.3 Å². The zero-order valence-corrected chi connectivity index (χ0v) is 13.0. The van der Waals surface area contributed by atoms with E-state index in [1.165, 1.54) is 12.3 Å². The number of oxime groups is 1. The van der Waals surface area contributed by atoms with Crippen molar-refractivity contribution in [2.24, 2.45) is 5.16 Å². The molecular formula is C14H13BrFN3O2. The highest BCUT2D eigenvalue weighted by Gasteiger charge is 2.09. The van der Waals surface area contributed by atoms with Crippen LogP contribution in [0, 0.1) is 5.82 Å². The molecule has 0 aliphatic heterocycles. The first-order chi connectivity index (χ1) is 10.0. The lowest BCUT2D eigenvalue weighted by molar-refractivity contribution is 0.310. The van der Waals surface area contributed by atoms with Crippen molar-refractivity contribution < 1.29 is 14.3 Å². The van der Waals surface area contributed by atoms with E-state index in [0.29, 0.717) is 21.6 Å². The SMILES string of the molecule is CN(C)/C(=N\O)c1ccc(Oc2ncc(Br)cc2F)cc1. The van der Waals surface area contributed by atoms with Gasteiger partial charge in [0.1, 0.15) is 5.75 Å². The summed E-state index contributed by atoms with van der Waals surface area (Å²) in [6, 6.07) is 7.99. The summed E-state index contributed by atoms with van der Waals surface area (Å²) in [4.78, 5) is 5.53. The lowest BCUT2D eigenvalue weighted by Crippen LogP contribution is -2.22.